The van der Waals surface area contributed by atoms with Gasteiger partial charge in [0, 0.05) is 19.5 Å². The summed E-state index contributed by atoms with van der Waals surface area (Å²) in [4.78, 5) is 32.0. The average molecular weight is 334 g/mol. The third-order valence-corrected chi connectivity index (χ3v) is 4.26. The molecule has 1 atom stereocenters. The molecular formula is C18H30N4O2. The molecule has 0 amide bonds. The number of aromatic nitrogens is 4. The first-order valence-corrected chi connectivity index (χ1v) is 8.90. The molecule has 2 rings (SSSR count). The summed E-state index contributed by atoms with van der Waals surface area (Å²) < 4.78 is 3.63. The predicted octanol–water partition coefficient (Wildman–Crippen LogP) is 2.93. The highest BCUT2D eigenvalue weighted by atomic mass is 16.2. The lowest BCUT2D eigenvalue weighted by atomic mass is 9.96. The van der Waals surface area contributed by atoms with Crippen molar-refractivity contribution in [2.45, 2.75) is 73.9 Å². The van der Waals surface area contributed by atoms with Crippen LogP contribution in [0.4, 0.5) is 0 Å². The van der Waals surface area contributed by atoms with Crippen molar-refractivity contribution in [1.82, 2.24) is 19.1 Å². The molecule has 0 fully saturated rings. The smallest absolute Gasteiger partial charge is 0.322 e. The molecule has 0 radical (unpaired) electrons. The second-order valence-electron chi connectivity index (χ2n) is 7.98. The Morgan fingerprint density at radius 1 is 1.17 bits per heavy atom. The molecule has 6 nitrogen and oxygen atoms in total. The number of fused-ring (bicyclic) bond motifs is 1. The minimum atomic E-state index is -0.365. The predicted molar refractivity (Wildman–Crippen MR) is 97.5 cm³/mol. The minimum Gasteiger partial charge on any atom is -0.322 e. The van der Waals surface area contributed by atoms with Crippen LogP contribution in [0.25, 0.3) is 11.2 Å². The van der Waals surface area contributed by atoms with Crippen LogP contribution in [0.1, 0.15) is 60.2 Å². The van der Waals surface area contributed by atoms with Gasteiger partial charge in [-0.1, -0.05) is 48.0 Å². The molecule has 0 aromatic carbocycles. The number of nitrogens with one attached hydrogen (secondary N) is 1. The number of rotatable bonds is 6. The minimum absolute atomic E-state index is 0.0141. The van der Waals surface area contributed by atoms with Gasteiger partial charge in [-0.2, -0.15) is 0 Å². The van der Waals surface area contributed by atoms with Crippen molar-refractivity contribution >= 4 is 11.2 Å². The van der Waals surface area contributed by atoms with Gasteiger partial charge in [0.2, 0.25) is 0 Å². The number of hydrogen-bond acceptors (Lipinski definition) is 3. The van der Waals surface area contributed by atoms with E-state index in [1.165, 1.54) is 0 Å². The Balaban J connectivity index is 2.76. The zero-order valence-electron chi connectivity index (χ0n) is 15.8. The fourth-order valence-corrected chi connectivity index (χ4v) is 2.89. The van der Waals surface area contributed by atoms with Gasteiger partial charge < -0.3 is 4.57 Å². The standard InChI is InChI=1S/C18H30N4O2/c1-7-9-13-19-15-14(22(13)11-18(4,5)6)16(23)20-17(24)21(15)10-12(3)8-2/h12H,7-11H2,1-6H3,(H,20,23,24). The van der Waals surface area contributed by atoms with Crippen molar-refractivity contribution in [1.29, 1.82) is 0 Å². The van der Waals surface area contributed by atoms with E-state index in [9.17, 15) is 9.59 Å². The van der Waals surface area contributed by atoms with Gasteiger partial charge in [-0.3, -0.25) is 14.3 Å². The van der Waals surface area contributed by atoms with Crippen molar-refractivity contribution in [3.63, 3.8) is 0 Å². The van der Waals surface area contributed by atoms with Gasteiger partial charge in [-0.25, -0.2) is 9.78 Å². The van der Waals surface area contributed by atoms with Gasteiger partial charge in [-0.05, 0) is 17.8 Å². The van der Waals surface area contributed by atoms with E-state index in [2.05, 4.69) is 46.5 Å². The molecule has 1 unspecified atom stereocenters. The number of hydrogen-bond donors (Lipinski definition) is 1. The maximum atomic E-state index is 12.5. The van der Waals surface area contributed by atoms with E-state index < -0.39 is 0 Å². The lowest BCUT2D eigenvalue weighted by Crippen LogP contribution is -2.33. The SMILES string of the molecule is CCCc1nc2c(c(=O)[nH]c(=O)n2CC(C)CC)n1CC(C)(C)C. The van der Waals surface area contributed by atoms with Crippen LogP contribution in [0, 0.1) is 11.3 Å². The summed E-state index contributed by atoms with van der Waals surface area (Å²) in [5, 5.41) is 0. The number of nitrogens with zero attached hydrogens (tertiary/aromatic N) is 3. The van der Waals surface area contributed by atoms with Gasteiger partial charge in [0.15, 0.2) is 11.2 Å². The van der Waals surface area contributed by atoms with E-state index in [1.807, 2.05) is 4.57 Å². The Bertz CT molecular complexity index is 820. The Hall–Kier alpha value is -1.85. The molecular weight excluding hydrogens is 304 g/mol. The molecule has 0 saturated carbocycles. The molecule has 2 aromatic rings. The summed E-state index contributed by atoms with van der Waals surface area (Å²) in [6.07, 6.45) is 2.71. The number of H-pyrrole nitrogens is 1. The van der Waals surface area contributed by atoms with Crippen molar-refractivity contribution < 1.29 is 0 Å². The third-order valence-electron chi connectivity index (χ3n) is 4.26. The van der Waals surface area contributed by atoms with Crippen LogP contribution in [-0.4, -0.2) is 19.1 Å². The highest BCUT2D eigenvalue weighted by Crippen LogP contribution is 2.22. The largest absolute Gasteiger partial charge is 0.330 e. The molecule has 24 heavy (non-hydrogen) atoms. The first-order valence-electron chi connectivity index (χ1n) is 8.90. The van der Waals surface area contributed by atoms with E-state index in [0.717, 1.165) is 25.1 Å². The van der Waals surface area contributed by atoms with E-state index in [0.29, 0.717) is 30.2 Å². The Morgan fingerprint density at radius 3 is 2.38 bits per heavy atom. The second-order valence-corrected chi connectivity index (χ2v) is 7.98. The van der Waals surface area contributed by atoms with Crippen LogP contribution in [0.3, 0.4) is 0 Å². The molecule has 2 aromatic heterocycles. The molecule has 0 aliphatic rings. The number of imidazole rings is 1. The topological polar surface area (TPSA) is 72.7 Å². The van der Waals surface area contributed by atoms with Crippen molar-refractivity contribution in [2.75, 3.05) is 0 Å². The summed E-state index contributed by atoms with van der Waals surface area (Å²) >= 11 is 0. The summed E-state index contributed by atoms with van der Waals surface area (Å²) in [6.45, 7) is 14.0. The molecule has 2 heterocycles. The maximum absolute atomic E-state index is 12.5. The van der Waals surface area contributed by atoms with Crippen LogP contribution in [0.15, 0.2) is 9.59 Å². The summed E-state index contributed by atoms with van der Waals surface area (Å²) in [5.74, 6) is 1.23. The van der Waals surface area contributed by atoms with E-state index in [-0.39, 0.29) is 16.7 Å². The summed E-state index contributed by atoms with van der Waals surface area (Å²) in [6, 6.07) is 0. The average Bonchev–Trinajstić information content (AvgIpc) is 2.80. The van der Waals surface area contributed by atoms with Crippen LogP contribution in [-0.2, 0) is 19.5 Å². The summed E-state index contributed by atoms with van der Waals surface area (Å²) in [7, 11) is 0. The Kier molecular flexibility index (Phi) is 5.35. The molecule has 0 spiro atoms. The molecule has 0 saturated heterocycles. The zero-order chi connectivity index (χ0) is 18.1. The normalized spacial score (nSPS) is 13.6. The van der Waals surface area contributed by atoms with E-state index in [1.54, 1.807) is 4.57 Å². The molecule has 6 heteroatoms. The Morgan fingerprint density at radius 2 is 1.83 bits per heavy atom. The van der Waals surface area contributed by atoms with Crippen molar-refractivity contribution in [2.24, 2.45) is 11.3 Å². The van der Waals surface area contributed by atoms with Crippen LogP contribution in [0.2, 0.25) is 0 Å². The van der Waals surface area contributed by atoms with Gasteiger partial charge in [0.05, 0.1) is 0 Å². The lowest BCUT2D eigenvalue weighted by molar-refractivity contribution is 0.342. The zero-order valence-corrected chi connectivity index (χ0v) is 15.8. The number of aromatic amines is 1. The fourth-order valence-electron chi connectivity index (χ4n) is 2.89. The van der Waals surface area contributed by atoms with E-state index >= 15 is 0 Å². The lowest BCUT2D eigenvalue weighted by Gasteiger charge is -2.21. The van der Waals surface area contributed by atoms with Crippen LogP contribution in [0.5, 0.6) is 0 Å². The number of aryl methyl sites for hydroxylation is 1. The van der Waals surface area contributed by atoms with E-state index in [4.69, 9.17) is 4.98 Å². The second kappa shape index (κ2) is 6.95. The fraction of sp³-hybridized carbons (Fsp3) is 0.722. The summed E-state index contributed by atoms with van der Waals surface area (Å²) in [5.41, 5.74) is 0.360. The van der Waals surface area contributed by atoms with Gasteiger partial charge in [0.1, 0.15) is 5.82 Å². The Labute approximate surface area is 142 Å². The first-order chi connectivity index (χ1) is 11.2. The van der Waals surface area contributed by atoms with Crippen molar-refractivity contribution in [3.05, 3.63) is 26.7 Å². The highest BCUT2D eigenvalue weighted by molar-refractivity contribution is 5.71. The van der Waals surface area contributed by atoms with Crippen LogP contribution < -0.4 is 11.2 Å². The van der Waals surface area contributed by atoms with Gasteiger partial charge in [0.25, 0.3) is 5.56 Å². The first kappa shape index (κ1) is 18.5. The third kappa shape index (κ3) is 3.79. The van der Waals surface area contributed by atoms with Gasteiger partial charge in [-0.15, -0.1) is 0 Å². The quantitative estimate of drug-likeness (QED) is 0.883. The van der Waals surface area contributed by atoms with Crippen LogP contribution >= 0.6 is 0 Å². The maximum Gasteiger partial charge on any atom is 0.330 e. The molecule has 0 bridgehead atoms. The molecule has 1 N–H and O–H groups in total. The molecule has 134 valence electrons. The molecule has 0 aliphatic heterocycles. The monoisotopic (exact) mass is 334 g/mol. The van der Waals surface area contributed by atoms with Crippen molar-refractivity contribution in [3.8, 4) is 0 Å². The molecule has 0 aliphatic carbocycles. The highest BCUT2D eigenvalue weighted by Gasteiger charge is 2.22. The van der Waals surface area contributed by atoms with Gasteiger partial charge >= 0.3 is 5.69 Å².